The Balaban J connectivity index is 3.32. The third kappa shape index (κ3) is 1.46. The van der Waals surface area contributed by atoms with Crippen molar-refractivity contribution in [1.82, 2.24) is 0 Å². The number of hydrogen-bond donors (Lipinski definition) is 0. The van der Waals surface area contributed by atoms with Crippen molar-refractivity contribution in [3.8, 4) is 0 Å². The molecule has 3 nitrogen and oxygen atoms in total. The molecule has 12 heavy (non-hydrogen) atoms. The van der Waals surface area contributed by atoms with Crippen LogP contribution in [-0.2, 0) is 0 Å². The molecule has 0 saturated carbocycles. The predicted octanol–water partition coefficient (Wildman–Crippen LogP) is 2.59. The molecule has 1 radical (unpaired) electrons. The first-order chi connectivity index (χ1) is 5.66. The summed E-state index contributed by atoms with van der Waals surface area (Å²) in [5.74, 6) is 0. The summed E-state index contributed by atoms with van der Waals surface area (Å²) >= 11 is 5.66. The molecule has 4 heteroatoms. The van der Waals surface area contributed by atoms with Gasteiger partial charge in [0.2, 0.25) is 0 Å². The minimum atomic E-state index is -0.539. The number of nitro groups is 1. The highest BCUT2D eigenvalue weighted by atomic mass is 35.5. The lowest BCUT2D eigenvalue weighted by Gasteiger charge is -1.97. The van der Waals surface area contributed by atoms with Crippen LogP contribution in [0.25, 0.3) is 0 Å². The van der Waals surface area contributed by atoms with E-state index in [1.54, 1.807) is 6.07 Å². The van der Waals surface area contributed by atoms with Gasteiger partial charge in [-0.2, -0.15) is 0 Å². The molecule has 1 rings (SSSR count). The first kappa shape index (κ1) is 8.74. The van der Waals surface area contributed by atoms with Gasteiger partial charge in [0.25, 0.3) is 5.69 Å². The summed E-state index contributed by atoms with van der Waals surface area (Å²) in [6.07, 6.45) is 2.50. The maximum Gasteiger partial charge on any atom is 0.288 e. The summed E-state index contributed by atoms with van der Waals surface area (Å²) < 4.78 is 0. The van der Waals surface area contributed by atoms with Gasteiger partial charge in [-0.1, -0.05) is 30.3 Å². The number of nitrogens with zero attached hydrogens (tertiary/aromatic N) is 1. The number of halogens is 1. The molecular formula is C8H5ClNO2. The third-order valence-electron chi connectivity index (χ3n) is 1.37. The molecule has 0 heterocycles. The minimum Gasteiger partial charge on any atom is -0.258 e. The van der Waals surface area contributed by atoms with Crippen LogP contribution in [0.3, 0.4) is 0 Å². The Morgan fingerprint density at radius 3 is 2.75 bits per heavy atom. The highest BCUT2D eigenvalue weighted by Crippen LogP contribution is 2.27. The zero-order valence-electron chi connectivity index (χ0n) is 6.08. The molecular weight excluding hydrogens is 178 g/mol. The van der Waals surface area contributed by atoms with E-state index in [-0.39, 0.29) is 10.7 Å². The number of hydrogen-bond acceptors (Lipinski definition) is 2. The van der Waals surface area contributed by atoms with Crippen LogP contribution in [0, 0.1) is 16.2 Å². The Morgan fingerprint density at radius 2 is 2.25 bits per heavy atom. The molecule has 61 valence electrons. The first-order valence-corrected chi connectivity index (χ1v) is 3.50. The fraction of sp³-hybridized carbons (Fsp3) is 0. The molecule has 0 bridgehead atoms. The van der Waals surface area contributed by atoms with Crippen LogP contribution >= 0.6 is 11.6 Å². The van der Waals surface area contributed by atoms with Crippen LogP contribution < -0.4 is 0 Å². The monoisotopic (exact) mass is 182 g/mol. The maximum atomic E-state index is 10.4. The molecule has 0 aliphatic heterocycles. The molecule has 0 unspecified atom stereocenters. The van der Waals surface area contributed by atoms with Crippen molar-refractivity contribution in [2.45, 2.75) is 0 Å². The Morgan fingerprint density at radius 1 is 1.58 bits per heavy atom. The molecule has 0 aromatic heterocycles. The van der Waals surface area contributed by atoms with Crippen molar-refractivity contribution < 1.29 is 4.92 Å². The van der Waals surface area contributed by atoms with Crippen molar-refractivity contribution in [2.75, 3.05) is 0 Å². The zero-order chi connectivity index (χ0) is 9.14. The lowest BCUT2D eigenvalue weighted by Crippen LogP contribution is -1.90. The van der Waals surface area contributed by atoms with Crippen molar-refractivity contribution in [2.24, 2.45) is 0 Å². The molecule has 0 atom stereocenters. The van der Waals surface area contributed by atoms with Crippen LogP contribution in [0.1, 0.15) is 5.56 Å². The highest BCUT2D eigenvalue weighted by Gasteiger charge is 2.13. The van der Waals surface area contributed by atoms with Gasteiger partial charge in [0.1, 0.15) is 5.02 Å². The molecule has 0 aliphatic carbocycles. The van der Waals surface area contributed by atoms with E-state index in [1.807, 2.05) is 0 Å². The fourth-order valence-electron chi connectivity index (χ4n) is 0.797. The average molecular weight is 183 g/mol. The Bertz CT molecular complexity index is 336. The smallest absolute Gasteiger partial charge is 0.258 e. The fourth-order valence-corrected chi connectivity index (χ4v) is 1.06. The molecule has 0 N–H and O–H groups in total. The number of benzene rings is 1. The van der Waals surface area contributed by atoms with E-state index < -0.39 is 4.92 Å². The summed E-state index contributed by atoms with van der Waals surface area (Å²) in [5.41, 5.74) is 0.330. The highest BCUT2D eigenvalue weighted by molar-refractivity contribution is 6.33. The van der Waals surface area contributed by atoms with Gasteiger partial charge in [-0.05, 0) is 6.08 Å². The van der Waals surface area contributed by atoms with Gasteiger partial charge in [0.05, 0.1) is 4.92 Å². The largest absolute Gasteiger partial charge is 0.288 e. The van der Waals surface area contributed by atoms with Gasteiger partial charge < -0.3 is 0 Å². The Hall–Kier alpha value is -1.35. The molecule has 1 aromatic carbocycles. The van der Waals surface area contributed by atoms with E-state index in [2.05, 4.69) is 12.7 Å². The number of nitro benzene ring substituents is 1. The van der Waals surface area contributed by atoms with E-state index >= 15 is 0 Å². The molecule has 0 amide bonds. The number of rotatable bonds is 2. The normalized spacial score (nSPS) is 9.42. The van der Waals surface area contributed by atoms with Crippen molar-refractivity contribution in [1.29, 1.82) is 0 Å². The zero-order valence-corrected chi connectivity index (χ0v) is 6.84. The molecule has 0 fully saturated rings. The lowest BCUT2D eigenvalue weighted by atomic mass is 10.2. The van der Waals surface area contributed by atoms with Gasteiger partial charge in [0.15, 0.2) is 0 Å². The summed E-state index contributed by atoms with van der Waals surface area (Å²) in [6, 6.07) is 4.49. The van der Waals surface area contributed by atoms with Gasteiger partial charge in [-0.15, -0.1) is 0 Å². The van der Waals surface area contributed by atoms with Crippen LogP contribution in [-0.4, -0.2) is 4.92 Å². The van der Waals surface area contributed by atoms with Gasteiger partial charge in [-0.25, -0.2) is 0 Å². The summed E-state index contributed by atoms with van der Waals surface area (Å²) in [7, 11) is 0. The second-order valence-corrected chi connectivity index (χ2v) is 2.45. The minimum absolute atomic E-state index is 0.0810. The molecule has 0 spiro atoms. The first-order valence-electron chi connectivity index (χ1n) is 3.13. The molecule has 0 saturated heterocycles. The second-order valence-electron chi connectivity index (χ2n) is 2.07. The summed E-state index contributed by atoms with van der Waals surface area (Å²) in [4.78, 5) is 9.82. The summed E-state index contributed by atoms with van der Waals surface area (Å²) in [6.45, 7) is 3.36. The Labute approximate surface area is 74.4 Å². The van der Waals surface area contributed by atoms with Crippen molar-refractivity contribution in [3.63, 3.8) is 0 Å². The average Bonchev–Trinajstić information content (AvgIpc) is 2.04. The quantitative estimate of drug-likeness (QED) is 0.521. The van der Waals surface area contributed by atoms with Gasteiger partial charge in [0, 0.05) is 11.6 Å². The lowest BCUT2D eigenvalue weighted by molar-refractivity contribution is -0.384. The van der Waals surface area contributed by atoms with Crippen LogP contribution in [0.4, 0.5) is 5.69 Å². The van der Waals surface area contributed by atoms with Crippen LogP contribution in [0.15, 0.2) is 24.8 Å². The van der Waals surface area contributed by atoms with Crippen LogP contribution in [0.5, 0.6) is 0 Å². The summed E-state index contributed by atoms with van der Waals surface area (Å²) in [5, 5.41) is 10.4. The van der Waals surface area contributed by atoms with Crippen molar-refractivity contribution in [3.05, 3.63) is 51.6 Å². The SMILES string of the molecule is C=[C]c1cccc([N+](=O)[O-])c1Cl. The van der Waals surface area contributed by atoms with E-state index in [4.69, 9.17) is 11.6 Å². The van der Waals surface area contributed by atoms with E-state index in [1.165, 1.54) is 12.1 Å². The molecule has 0 aliphatic rings. The van der Waals surface area contributed by atoms with Crippen LogP contribution in [0.2, 0.25) is 5.02 Å². The third-order valence-corrected chi connectivity index (χ3v) is 1.76. The van der Waals surface area contributed by atoms with E-state index in [0.29, 0.717) is 5.56 Å². The predicted molar refractivity (Wildman–Crippen MR) is 46.1 cm³/mol. The Kier molecular flexibility index (Phi) is 2.45. The molecule has 1 aromatic rings. The maximum absolute atomic E-state index is 10.4. The second kappa shape index (κ2) is 3.36. The standard InChI is InChI=1S/C8H5ClNO2/c1-2-6-4-3-5-7(8(6)9)10(11)12/h3-5H,1H2. The van der Waals surface area contributed by atoms with Gasteiger partial charge >= 0.3 is 0 Å². The van der Waals surface area contributed by atoms with E-state index in [9.17, 15) is 10.1 Å². The van der Waals surface area contributed by atoms with Crippen molar-refractivity contribution >= 4 is 17.3 Å². The topological polar surface area (TPSA) is 43.1 Å². The van der Waals surface area contributed by atoms with Gasteiger partial charge in [-0.3, -0.25) is 10.1 Å². The van der Waals surface area contributed by atoms with E-state index in [0.717, 1.165) is 0 Å².